The van der Waals surface area contributed by atoms with Gasteiger partial charge in [-0.25, -0.2) is 35.6 Å². The van der Waals surface area contributed by atoms with Crippen LogP contribution in [0.1, 0.15) is 70.9 Å². The third-order valence-corrected chi connectivity index (χ3v) is 16.2. The number of primary amides is 2. The zero-order chi connectivity index (χ0) is 55.6. The van der Waals surface area contributed by atoms with E-state index in [0.717, 1.165) is 29.2 Å². The molecular formula is C55H46Cl2N10O9S2. The van der Waals surface area contributed by atoms with E-state index < -0.39 is 37.8 Å². The van der Waals surface area contributed by atoms with E-state index in [0.29, 0.717) is 92.1 Å². The second kappa shape index (κ2) is 22.1. The molecule has 6 aromatic carbocycles. The number of anilines is 2. The van der Waals surface area contributed by atoms with Gasteiger partial charge < -0.3 is 22.1 Å². The number of aryl methyl sites for hydroxylation is 2. The van der Waals surface area contributed by atoms with Crippen molar-refractivity contribution in [2.24, 2.45) is 11.5 Å². The number of rotatable bonds is 14. The molecule has 0 spiro atoms. The fourth-order valence-corrected chi connectivity index (χ4v) is 11.6. The second-order valence-electron chi connectivity index (χ2n) is 17.8. The van der Waals surface area contributed by atoms with Crippen molar-refractivity contribution in [1.82, 2.24) is 29.0 Å². The van der Waals surface area contributed by atoms with E-state index in [-0.39, 0.29) is 39.5 Å². The maximum atomic E-state index is 12.9. The van der Waals surface area contributed by atoms with Gasteiger partial charge in [0.1, 0.15) is 0 Å². The number of halogens is 2. The molecule has 2 aromatic heterocycles. The summed E-state index contributed by atoms with van der Waals surface area (Å²) in [6.07, 6.45) is 3.79. The summed E-state index contributed by atoms with van der Waals surface area (Å²) >= 11 is 12.4. The first-order valence-corrected chi connectivity index (χ1v) is 27.5. The molecule has 23 heteroatoms. The van der Waals surface area contributed by atoms with Gasteiger partial charge in [-0.3, -0.25) is 24.0 Å². The summed E-state index contributed by atoms with van der Waals surface area (Å²) in [5.41, 5.74) is 20.4. The number of fused-ring (bicyclic) bond motifs is 6. The zero-order valence-electron chi connectivity index (χ0n) is 41.2. The van der Waals surface area contributed by atoms with Crippen LogP contribution >= 0.6 is 23.2 Å². The van der Waals surface area contributed by atoms with E-state index in [1.165, 1.54) is 47.2 Å². The van der Waals surface area contributed by atoms with Crippen LogP contribution in [-0.4, -0.2) is 72.5 Å². The summed E-state index contributed by atoms with van der Waals surface area (Å²) in [6, 6.07) is 36.3. The summed E-state index contributed by atoms with van der Waals surface area (Å²) in [5, 5.41) is 15.4. The van der Waals surface area contributed by atoms with Crippen molar-refractivity contribution >= 4 is 84.2 Å². The SMILES string of the molecule is C=CCNS(=O)(=O)c1ccc(-n2nc(C(N)=O)c3c2-c2cc(NC(=O)c4ccccc4Cl)ccc2CC3)cc1.CC(=O)NS(=O)(=O)c1ccc(-n2nc(C(N)=O)c3c2-c2cc(NC(=O)c4ccccc4Cl)ccc2CC3)cc1. The molecule has 0 unspecified atom stereocenters. The van der Waals surface area contributed by atoms with Gasteiger partial charge in [0.05, 0.1) is 53.7 Å². The number of aromatic nitrogens is 4. The fraction of sp³-hybridized carbons (Fsp3) is 0.109. The molecule has 8 aromatic rings. The molecule has 2 aliphatic carbocycles. The number of nitrogens with two attached hydrogens (primary N) is 2. The van der Waals surface area contributed by atoms with Crippen molar-refractivity contribution in [3.05, 3.63) is 201 Å². The Balaban J connectivity index is 0.000000190. The van der Waals surface area contributed by atoms with E-state index in [1.807, 2.05) is 29.0 Å². The van der Waals surface area contributed by atoms with Gasteiger partial charge in [0.2, 0.25) is 15.9 Å². The molecule has 0 aliphatic heterocycles. The van der Waals surface area contributed by atoms with Crippen LogP contribution in [0.2, 0.25) is 10.0 Å². The van der Waals surface area contributed by atoms with Crippen molar-refractivity contribution in [3.63, 3.8) is 0 Å². The number of nitrogens with zero attached hydrogens (tertiary/aromatic N) is 4. The Hall–Kier alpha value is -8.73. The Morgan fingerprint density at radius 2 is 1.00 bits per heavy atom. The number of sulfonamides is 2. The van der Waals surface area contributed by atoms with Crippen LogP contribution in [0.5, 0.6) is 0 Å². The molecule has 2 aliphatic rings. The summed E-state index contributed by atoms with van der Waals surface area (Å²) < 4.78 is 57.2. The highest BCUT2D eigenvalue weighted by Gasteiger charge is 2.31. The first-order chi connectivity index (χ1) is 37.2. The predicted molar refractivity (Wildman–Crippen MR) is 295 cm³/mol. The lowest BCUT2D eigenvalue weighted by Gasteiger charge is -2.20. The molecule has 0 bridgehead atoms. The monoisotopic (exact) mass is 1120 g/mol. The van der Waals surface area contributed by atoms with E-state index in [2.05, 4.69) is 32.1 Å². The largest absolute Gasteiger partial charge is 0.364 e. The normalized spacial score (nSPS) is 12.3. The lowest BCUT2D eigenvalue weighted by Crippen LogP contribution is -2.28. The molecule has 0 saturated carbocycles. The van der Waals surface area contributed by atoms with Gasteiger partial charge in [-0.05, 0) is 134 Å². The van der Waals surface area contributed by atoms with Crippen LogP contribution in [-0.2, 0) is 50.5 Å². The Bertz CT molecular complexity index is 4010. The smallest absolute Gasteiger partial charge is 0.269 e. The summed E-state index contributed by atoms with van der Waals surface area (Å²) in [7, 11) is -7.74. The maximum Gasteiger partial charge on any atom is 0.269 e. The number of hydrogen-bond acceptors (Lipinski definition) is 11. The average Bonchev–Trinajstić information content (AvgIpc) is 4.04. The third kappa shape index (κ3) is 11.1. The lowest BCUT2D eigenvalue weighted by atomic mass is 9.88. The Labute approximate surface area is 457 Å². The first kappa shape index (κ1) is 54.1. The average molecular weight is 1130 g/mol. The van der Waals surface area contributed by atoms with Gasteiger partial charge in [-0.2, -0.15) is 10.2 Å². The van der Waals surface area contributed by atoms with Gasteiger partial charge >= 0.3 is 0 Å². The molecular weight excluding hydrogens is 1080 g/mol. The van der Waals surface area contributed by atoms with Crippen LogP contribution in [0, 0.1) is 0 Å². The molecule has 396 valence electrons. The predicted octanol–water partition coefficient (Wildman–Crippen LogP) is 7.57. The molecule has 2 heterocycles. The molecule has 8 N–H and O–H groups in total. The van der Waals surface area contributed by atoms with Crippen molar-refractivity contribution in [3.8, 4) is 33.9 Å². The van der Waals surface area contributed by atoms with Crippen LogP contribution in [0.25, 0.3) is 33.9 Å². The number of hydrogen-bond donors (Lipinski definition) is 6. The molecule has 0 fully saturated rings. The van der Waals surface area contributed by atoms with Gasteiger partial charge in [-0.15, -0.1) is 6.58 Å². The van der Waals surface area contributed by atoms with Crippen LogP contribution < -0.4 is 31.5 Å². The number of amides is 5. The molecule has 0 atom stereocenters. The van der Waals surface area contributed by atoms with Gasteiger partial charge in [0.15, 0.2) is 11.4 Å². The van der Waals surface area contributed by atoms with Crippen molar-refractivity contribution in [1.29, 1.82) is 0 Å². The van der Waals surface area contributed by atoms with E-state index in [4.69, 9.17) is 34.7 Å². The summed E-state index contributed by atoms with van der Waals surface area (Å²) in [6.45, 7) is 4.73. The Morgan fingerprint density at radius 3 is 1.38 bits per heavy atom. The van der Waals surface area contributed by atoms with Crippen molar-refractivity contribution < 1.29 is 40.8 Å². The van der Waals surface area contributed by atoms with Crippen molar-refractivity contribution in [2.75, 3.05) is 17.2 Å². The first-order valence-electron chi connectivity index (χ1n) is 23.8. The minimum Gasteiger partial charge on any atom is -0.364 e. The second-order valence-corrected chi connectivity index (χ2v) is 22.1. The number of benzene rings is 6. The quantitative estimate of drug-likeness (QED) is 0.0577. The Kier molecular flexibility index (Phi) is 15.3. The highest BCUT2D eigenvalue weighted by atomic mass is 35.5. The highest BCUT2D eigenvalue weighted by Crippen LogP contribution is 2.40. The zero-order valence-corrected chi connectivity index (χ0v) is 44.4. The number of carbonyl (C=O) groups excluding carboxylic acids is 5. The Morgan fingerprint density at radius 1 is 0.590 bits per heavy atom. The minimum absolute atomic E-state index is 0.0780. The lowest BCUT2D eigenvalue weighted by molar-refractivity contribution is -0.117. The third-order valence-electron chi connectivity index (χ3n) is 12.7. The maximum absolute atomic E-state index is 12.9. The standard InChI is InChI=1S/C28H24ClN5O4S.C27H22ClN5O5S/c1-2-15-31-39(37,38)20-12-10-19(11-13-20)34-26-22(25(33-34)27(30)35)14-8-17-7-9-18(16-23(17)26)32-28(36)21-5-3-4-6-24(21)29;1-15(34)32-39(37,38)19-11-9-18(10-12-19)33-25-21(24(31-33)26(29)35)13-7-16-6-8-17(14-22(16)25)30-27(36)20-4-2-3-5-23(20)28/h2-7,9-13,16,31H,1,8,14-15H2,(H2,30,35)(H,32,36);2-6,8-12,14H,7,13H2,1H3,(H2,29,35)(H,30,36)(H,32,34). The molecule has 5 amide bonds. The van der Waals surface area contributed by atoms with E-state index in [1.54, 1.807) is 77.5 Å². The highest BCUT2D eigenvalue weighted by molar-refractivity contribution is 7.90. The van der Waals surface area contributed by atoms with Crippen LogP contribution in [0.4, 0.5) is 11.4 Å². The molecule has 19 nitrogen and oxygen atoms in total. The van der Waals surface area contributed by atoms with Crippen molar-refractivity contribution in [2.45, 2.75) is 42.4 Å². The summed E-state index contributed by atoms with van der Waals surface area (Å²) in [4.78, 5) is 61.6. The molecule has 78 heavy (non-hydrogen) atoms. The fourth-order valence-electron chi connectivity index (χ4n) is 9.12. The molecule has 0 saturated heterocycles. The van der Waals surface area contributed by atoms with E-state index >= 15 is 0 Å². The van der Waals surface area contributed by atoms with Gasteiger partial charge in [-0.1, -0.05) is 65.7 Å². The molecule has 0 radical (unpaired) electrons. The van der Waals surface area contributed by atoms with Crippen LogP contribution in [0.15, 0.2) is 156 Å². The van der Waals surface area contributed by atoms with Gasteiger partial charge in [0, 0.05) is 47.1 Å². The van der Waals surface area contributed by atoms with E-state index in [9.17, 15) is 40.8 Å². The van der Waals surface area contributed by atoms with Gasteiger partial charge in [0.25, 0.3) is 33.7 Å². The number of nitrogens with one attached hydrogen (secondary N) is 4. The minimum atomic E-state index is -4.03. The number of carbonyl (C=O) groups is 5. The molecule has 10 rings (SSSR count). The van der Waals surface area contributed by atoms with Crippen LogP contribution in [0.3, 0.4) is 0 Å². The summed E-state index contributed by atoms with van der Waals surface area (Å²) in [5.74, 6) is -2.80. The topological polar surface area (TPSA) is 289 Å².